The predicted octanol–water partition coefficient (Wildman–Crippen LogP) is 6.93. The highest BCUT2D eigenvalue weighted by molar-refractivity contribution is 9.09. The van der Waals surface area contributed by atoms with Crippen LogP contribution in [0.5, 0.6) is 5.75 Å². The van der Waals surface area contributed by atoms with E-state index in [1.807, 2.05) is 0 Å². The number of unbranched alkanes of at least 4 members (excludes halogenated alkanes) is 11. The average molecular weight is 427 g/mol. The van der Waals surface area contributed by atoms with Gasteiger partial charge in [0, 0.05) is 5.33 Å². The number of aryl methyl sites for hydroxylation is 1. The minimum atomic E-state index is -0.293. The number of alkyl halides is 1. The maximum Gasteiger partial charge on any atom is 0.338 e. The summed E-state index contributed by atoms with van der Waals surface area (Å²) in [5, 5.41) is 10.5. The summed E-state index contributed by atoms with van der Waals surface area (Å²) in [6.07, 6.45) is 15.4. The molecule has 0 atom stereocenters. The van der Waals surface area contributed by atoms with Gasteiger partial charge in [-0.3, -0.25) is 0 Å². The van der Waals surface area contributed by atoms with Crippen molar-refractivity contribution in [3.63, 3.8) is 0 Å². The number of halogens is 1. The van der Waals surface area contributed by atoms with Gasteiger partial charge in [0.2, 0.25) is 0 Å². The minimum Gasteiger partial charge on any atom is -0.508 e. The van der Waals surface area contributed by atoms with Gasteiger partial charge in [0.15, 0.2) is 0 Å². The molecular formula is C22H35BrO3. The number of esters is 1. The van der Waals surface area contributed by atoms with Gasteiger partial charge in [-0.25, -0.2) is 4.79 Å². The lowest BCUT2D eigenvalue weighted by Crippen LogP contribution is -2.08. The highest BCUT2D eigenvalue weighted by Crippen LogP contribution is 2.17. The predicted molar refractivity (Wildman–Crippen MR) is 112 cm³/mol. The molecule has 1 aromatic rings. The molecule has 0 aromatic heterocycles. The molecule has 0 saturated heterocycles. The Balaban J connectivity index is 1.91. The number of carbonyl (C=O) groups is 1. The maximum absolute atomic E-state index is 12.0. The van der Waals surface area contributed by atoms with E-state index in [0.717, 1.165) is 23.7 Å². The van der Waals surface area contributed by atoms with Crippen molar-refractivity contribution in [1.82, 2.24) is 0 Å². The SMILES string of the molecule is Cc1cc(O)ccc1C(=O)OCCCCCCCCCCCCCCBr. The fourth-order valence-electron chi connectivity index (χ4n) is 3.08. The summed E-state index contributed by atoms with van der Waals surface area (Å²) in [6.45, 7) is 2.28. The maximum atomic E-state index is 12.0. The first-order valence-electron chi connectivity index (χ1n) is 10.2. The number of hydrogen-bond acceptors (Lipinski definition) is 3. The van der Waals surface area contributed by atoms with Crippen molar-refractivity contribution in [3.05, 3.63) is 29.3 Å². The number of phenols is 1. The largest absolute Gasteiger partial charge is 0.508 e. The van der Waals surface area contributed by atoms with E-state index in [1.165, 1.54) is 70.3 Å². The van der Waals surface area contributed by atoms with E-state index in [0.29, 0.717) is 12.2 Å². The van der Waals surface area contributed by atoms with Gasteiger partial charge in [0.05, 0.1) is 12.2 Å². The monoisotopic (exact) mass is 426 g/mol. The van der Waals surface area contributed by atoms with Gasteiger partial charge < -0.3 is 9.84 Å². The van der Waals surface area contributed by atoms with E-state index in [9.17, 15) is 9.90 Å². The number of ether oxygens (including phenoxy) is 1. The molecule has 0 spiro atoms. The summed E-state index contributed by atoms with van der Waals surface area (Å²) in [4.78, 5) is 12.0. The Morgan fingerprint density at radius 2 is 1.38 bits per heavy atom. The molecule has 1 aromatic carbocycles. The van der Waals surface area contributed by atoms with Crippen LogP contribution in [0.4, 0.5) is 0 Å². The van der Waals surface area contributed by atoms with Crippen LogP contribution in [-0.2, 0) is 4.74 Å². The molecule has 26 heavy (non-hydrogen) atoms. The van der Waals surface area contributed by atoms with E-state index in [1.54, 1.807) is 19.1 Å². The first kappa shape index (κ1) is 23.0. The molecule has 1 N–H and O–H groups in total. The number of phenolic OH excluding ortho intramolecular Hbond substituents is 1. The molecule has 0 aliphatic rings. The third kappa shape index (κ3) is 10.8. The van der Waals surface area contributed by atoms with Gasteiger partial charge >= 0.3 is 5.97 Å². The Bertz CT molecular complexity index is 502. The highest BCUT2D eigenvalue weighted by Gasteiger charge is 2.10. The Kier molecular flexibility index (Phi) is 13.3. The summed E-state index contributed by atoms with van der Waals surface area (Å²) in [5.41, 5.74) is 1.29. The molecule has 3 nitrogen and oxygen atoms in total. The van der Waals surface area contributed by atoms with Crippen molar-refractivity contribution < 1.29 is 14.6 Å². The van der Waals surface area contributed by atoms with E-state index >= 15 is 0 Å². The molecule has 0 radical (unpaired) electrons. The highest BCUT2D eigenvalue weighted by atomic mass is 79.9. The molecule has 0 saturated carbocycles. The molecule has 0 heterocycles. The molecule has 0 fully saturated rings. The average Bonchev–Trinajstić information content (AvgIpc) is 2.61. The fraction of sp³-hybridized carbons (Fsp3) is 0.682. The molecule has 1 rings (SSSR count). The van der Waals surface area contributed by atoms with Crippen LogP contribution in [0.25, 0.3) is 0 Å². The van der Waals surface area contributed by atoms with Crippen LogP contribution in [0.3, 0.4) is 0 Å². The summed E-state index contributed by atoms with van der Waals surface area (Å²) < 4.78 is 5.33. The Labute approximate surface area is 167 Å². The normalized spacial score (nSPS) is 10.8. The van der Waals surface area contributed by atoms with Crippen LogP contribution in [0.1, 0.15) is 93.0 Å². The molecule has 4 heteroatoms. The van der Waals surface area contributed by atoms with Crippen LogP contribution < -0.4 is 0 Å². The van der Waals surface area contributed by atoms with Gasteiger partial charge in [0.25, 0.3) is 0 Å². The molecule has 0 aliphatic carbocycles. The van der Waals surface area contributed by atoms with E-state index in [4.69, 9.17) is 4.74 Å². The lowest BCUT2D eigenvalue weighted by molar-refractivity contribution is 0.0497. The van der Waals surface area contributed by atoms with Crippen molar-refractivity contribution >= 4 is 21.9 Å². The molecular weight excluding hydrogens is 392 g/mol. The van der Waals surface area contributed by atoms with Crippen molar-refractivity contribution in [2.75, 3.05) is 11.9 Å². The summed E-state index contributed by atoms with van der Waals surface area (Å²) in [6, 6.07) is 4.72. The minimum absolute atomic E-state index is 0.175. The Morgan fingerprint density at radius 1 is 0.885 bits per heavy atom. The van der Waals surface area contributed by atoms with Crippen molar-refractivity contribution in [1.29, 1.82) is 0 Å². The zero-order valence-electron chi connectivity index (χ0n) is 16.3. The smallest absolute Gasteiger partial charge is 0.338 e. The first-order chi connectivity index (χ1) is 12.6. The molecule has 0 aliphatic heterocycles. The second kappa shape index (κ2) is 15.1. The molecule has 0 unspecified atom stereocenters. The standard InChI is InChI=1S/C22H35BrO3/c1-19-18-20(24)14-15-21(19)22(25)26-17-13-11-9-7-5-3-2-4-6-8-10-12-16-23/h14-15,18,24H,2-13,16-17H2,1H3. The van der Waals surface area contributed by atoms with Crippen molar-refractivity contribution in [2.24, 2.45) is 0 Å². The van der Waals surface area contributed by atoms with Gasteiger partial charge in [0.1, 0.15) is 5.75 Å². The first-order valence-corrected chi connectivity index (χ1v) is 11.3. The fourth-order valence-corrected chi connectivity index (χ4v) is 3.48. The Morgan fingerprint density at radius 3 is 1.88 bits per heavy atom. The lowest BCUT2D eigenvalue weighted by atomic mass is 10.1. The quantitative estimate of drug-likeness (QED) is 0.187. The number of aromatic hydroxyl groups is 1. The van der Waals surface area contributed by atoms with Gasteiger partial charge in [-0.1, -0.05) is 80.1 Å². The van der Waals surface area contributed by atoms with Crippen molar-refractivity contribution in [3.8, 4) is 5.75 Å². The Hall–Kier alpha value is -1.03. The summed E-state index contributed by atoms with van der Waals surface area (Å²) in [5.74, 6) is -0.118. The third-order valence-electron chi connectivity index (χ3n) is 4.69. The molecule has 0 amide bonds. The lowest BCUT2D eigenvalue weighted by Gasteiger charge is -2.07. The van der Waals surface area contributed by atoms with Gasteiger partial charge in [-0.15, -0.1) is 0 Å². The van der Waals surface area contributed by atoms with E-state index in [2.05, 4.69) is 15.9 Å². The van der Waals surface area contributed by atoms with Crippen molar-refractivity contribution in [2.45, 2.75) is 84.0 Å². The number of rotatable bonds is 15. The number of benzene rings is 1. The van der Waals surface area contributed by atoms with Crippen LogP contribution in [0.2, 0.25) is 0 Å². The third-order valence-corrected chi connectivity index (χ3v) is 5.25. The van der Waals surface area contributed by atoms with Crippen LogP contribution in [0, 0.1) is 6.92 Å². The van der Waals surface area contributed by atoms with E-state index < -0.39 is 0 Å². The van der Waals surface area contributed by atoms with Gasteiger partial charge in [-0.2, -0.15) is 0 Å². The van der Waals surface area contributed by atoms with Crippen LogP contribution in [-0.4, -0.2) is 23.0 Å². The second-order valence-corrected chi connectivity index (χ2v) is 7.86. The summed E-state index contributed by atoms with van der Waals surface area (Å²) >= 11 is 3.47. The number of carbonyl (C=O) groups excluding carboxylic acids is 1. The van der Waals surface area contributed by atoms with Crippen LogP contribution in [0.15, 0.2) is 18.2 Å². The van der Waals surface area contributed by atoms with Crippen LogP contribution >= 0.6 is 15.9 Å². The molecule has 148 valence electrons. The number of hydrogen-bond donors (Lipinski definition) is 1. The topological polar surface area (TPSA) is 46.5 Å². The van der Waals surface area contributed by atoms with E-state index in [-0.39, 0.29) is 11.7 Å². The summed E-state index contributed by atoms with van der Waals surface area (Å²) in [7, 11) is 0. The molecule has 0 bridgehead atoms. The zero-order valence-corrected chi connectivity index (χ0v) is 17.9. The zero-order chi connectivity index (χ0) is 19.0. The van der Waals surface area contributed by atoms with Gasteiger partial charge in [-0.05, 0) is 43.5 Å². The second-order valence-electron chi connectivity index (χ2n) is 7.07.